The molecule has 63 heavy (non-hydrogen) atoms. The molecule has 2 aromatic carbocycles. The van der Waals surface area contributed by atoms with Gasteiger partial charge in [-0.15, -0.1) is 0 Å². The number of alkyl carbamates (subject to hydrolysis) is 1. The van der Waals surface area contributed by atoms with E-state index >= 15 is 4.39 Å². The summed E-state index contributed by atoms with van der Waals surface area (Å²) < 4.78 is 38.4. The summed E-state index contributed by atoms with van der Waals surface area (Å²) in [5.74, 6) is -3.80. The van der Waals surface area contributed by atoms with Crippen LogP contribution in [0.25, 0.3) is 22.3 Å². The number of aromatic nitrogens is 2. The number of nitrogens with one attached hydrogen (secondary N) is 2. The number of aryl methyl sites for hydroxylation is 1. The zero-order chi connectivity index (χ0) is 45.7. The van der Waals surface area contributed by atoms with Crippen LogP contribution in [0.2, 0.25) is 0 Å². The number of aliphatic hydroxyl groups is 4. The van der Waals surface area contributed by atoms with E-state index in [1.165, 1.54) is 28.8 Å². The number of anilines is 1. The van der Waals surface area contributed by atoms with Gasteiger partial charge in [-0.1, -0.05) is 13.0 Å². The molecule has 334 valence electrons. The summed E-state index contributed by atoms with van der Waals surface area (Å²) in [6.07, 6.45) is -9.74. The first kappa shape index (κ1) is 44.5. The van der Waals surface area contributed by atoms with Crippen molar-refractivity contribution in [3.63, 3.8) is 0 Å². The van der Waals surface area contributed by atoms with E-state index in [9.17, 15) is 49.5 Å². The number of pyridine rings is 2. The summed E-state index contributed by atoms with van der Waals surface area (Å²) in [6.45, 7) is 1.91. The average molecular weight is 880 g/mol. The molecule has 0 spiro atoms. The highest BCUT2D eigenvalue weighted by Crippen LogP contribution is 2.46. The van der Waals surface area contributed by atoms with Crippen molar-refractivity contribution in [1.29, 1.82) is 0 Å². The van der Waals surface area contributed by atoms with E-state index in [1.54, 1.807) is 19.9 Å². The SMILES string of the molecule is CC[C@@]1(O)C(=O)OCc2c1cc1n(c2=O)Cc2c-1nc1cc(F)c(C)c3c1c2[C@@H](NC(=O)OCc1ccc(O[C@@H]2O[C@H](C(=O)O)[C@@H](O)[C@H](O)[C@H]2O)c(NC(=O)CN)c1)CC3.O=CO. The van der Waals surface area contributed by atoms with E-state index in [-0.39, 0.29) is 60.7 Å². The Morgan fingerprint density at radius 3 is 2.51 bits per heavy atom. The zero-order valence-corrected chi connectivity index (χ0v) is 33.5. The number of nitrogens with two attached hydrogens (primary N) is 1. The van der Waals surface area contributed by atoms with E-state index in [4.69, 9.17) is 39.6 Å². The Labute approximate surface area is 354 Å². The van der Waals surface area contributed by atoms with Crippen molar-refractivity contribution in [1.82, 2.24) is 14.9 Å². The van der Waals surface area contributed by atoms with Gasteiger partial charge in [-0.2, -0.15) is 0 Å². The minimum atomic E-state index is -2.06. The van der Waals surface area contributed by atoms with Crippen molar-refractivity contribution in [2.75, 3.05) is 11.9 Å². The number of halogens is 1. The first-order chi connectivity index (χ1) is 30.0. The molecule has 2 amide bonds. The van der Waals surface area contributed by atoms with Gasteiger partial charge < -0.3 is 70.5 Å². The maximum atomic E-state index is 15.3. The number of hydrogen-bond acceptors (Lipinski definition) is 16. The van der Waals surface area contributed by atoms with E-state index in [2.05, 4.69) is 10.6 Å². The van der Waals surface area contributed by atoms with Crippen LogP contribution in [0.1, 0.15) is 64.8 Å². The van der Waals surface area contributed by atoms with E-state index in [0.29, 0.717) is 57.4 Å². The van der Waals surface area contributed by atoms with Gasteiger partial charge >= 0.3 is 18.0 Å². The third kappa shape index (κ3) is 7.80. The number of ether oxygens (including phenoxy) is 4. The molecule has 0 radical (unpaired) electrons. The fraction of sp³-hybridized carbons (Fsp3) is 0.390. The molecule has 4 aromatic rings. The number of carboxylic acid groups (broad SMARTS) is 2. The zero-order valence-electron chi connectivity index (χ0n) is 33.5. The molecule has 2 aromatic heterocycles. The minimum absolute atomic E-state index is 0.0296. The molecule has 3 aliphatic heterocycles. The largest absolute Gasteiger partial charge is 0.483 e. The van der Waals surface area contributed by atoms with Gasteiger partial charge in [0.1, 0.15) is 43.1 Å². The number of aliphatic carboxylic acids is 1. The molecule has 1 saturated heterocycles. The van der Waals surface area contributed by atoms with Crippen LogP contribution in [-0.4, -0.2) is 108 Å². The third-order valence-electron chi connectivity index (χ3n) is 11.6. The minimum Gasteiger partial charge on any atom is -0.483 e. The Morgan fingerprint density at radius 2 is 1.83 bits per heavy atom. The lowest BCUT2D eigenvalue weighted by Crippen LogP contribution is -2.61. The Bertz CT molecular complexity index is 2620. The lowest BCUT2D eigenvalue weighted by Gasteiger charge is -2.38. The Hall–Kier alpha value is -6.56. The van der Waals surface area contributed by atoms with Crippen molar-refractivity contribution in [2.45, 2.75) is 95.2 Å². The van der Waals surface area contributed by atoms with Gasteiger partial charge in [0.2, 0.25) is 12.2 Å². The molecular formula is C41H42FN5O16. The lowest BCUT2D eigenvalue weighted by molar-refractivity contribution is -0.271. The summed E-state index contributed by atoms with van der Waals surface area (Å²) in [5, 5.41) is 64.4. The topological polar surface area (TPSA) is 329 Å². The number of cyclic esters (lactones) is 1. The number of carbonyl (C=O) groups is 5. The normalized spacial score (nSPS) is 24.1. The van der Waals surface area contributed by atoms with Crippen LogP contribution < -0.4 is 26.7 Å². The van der Waals surface area contributed by atoms with Crippen LogP contribution >= 0.6 is 0 Å². The van der Waals surface area contributed by atoms with Gasteiger partial charge in [-0.05, 0) is 66.6 Å². The molecule has 1 aliphatic carbocycles. The molecule has 8 rings (SSSR count). The molecule has 21 nitrogen and oxygen atoms in total. The number of aliphatic hydroxyl groups excluding tert-OH is 3. The Kier molecular flexibility index (Phi) is 12.2. The molecular weight excluding hydrogens is 837 g/mol. The Morgan fingerprint density at radius 1 is 1.10 bits per heavy atom. The van der Waals surface area contributed by atoms with Gasteiger partial charge in [0, 0.05) is 22.6 Å². The lowest BCUT2D eigenvalue weighted by atomic mass is 9.81. The van der Waals surface area contributed by atoms with E-state index < -0.39 is 84.2 Å². The standard InChI is InChI=1S/C40H40FN5O14.CH2O2/c1-3-40(56)20-9-25-30-18(12-46(25)35(51)19(20)14-57-38(40)54)29-22(6-5-17-15(2)21(41)10-24(44-30)28(17)29)45-39(55)58-13-16-4-7-26(23(8-16)43-27(47)11-42)59-37-33(50)31(48)32(49)34(60-37)36(52)53;2-1-3/h4,7-10,22,31-34,37,48-50,56H,3,5-6,11-14,42H2,1-2H3,(H,43,47)(H,45,55)(H,52,53);1H,(H,2,3)/t22-,31-,32-,33+,34-,37+,40-;/m0./s1. The van der Waals surface area contributed by atoms with Crippen molar-refractivity contribution >= 4 is 47.0 Å². The molecule has 0 saturated carbocycles. The summed E-state index contributed by atoms with van der Waals surface area (Å²) in [7, 11) is 0. The first-order valence-corrected chi connectivity index (χ1v) is 19.5. The van der Waals surface area contributed by atoms with Crippen molar-refractivity contribution in [2.24, 2.45) is 5.73 Å². The second kappa shape index (κ2) is 17.3. The monoisotopic (exact) mass is 879 g/mol. The number of fused-ring (bicyclic) bond motifs is 5. The van der Waals surface area contributed by atoms with Crippen molar-refractivity contribution in [3.05, 3.63) is 85.4 Å². The summed E-state index contributed by atoms with van der Waals surface area (Å²) in [4.78, 5) is 77.3. The second-order valence-electron chi connectivity index (χ2n) is 15.2. The molecule has 1 fully saturated rings. The first-order valence-electron chi connectivity index (χ1n) is 19.5. The number of rotatable bonds is 9. The molecule has 5 heterocycles. The third-order valence-corrected chi connectivity index (χ3v) is 11.6. The number of carbonyl (C=O) groups excluding carboxylic acids is 3. The number of amides is 2. The average Bonchev–Trinajstić information content (AvgIpc) is 3.63. The van der Waals surface area contributed by atoms with Crippen LogP contribution in [0.4, 0.5) is 14.9 Å². The number of nitrogens with zero attached hydrogens (tertiary/aromatic N) is 2. The van der Waals surface area contributed by atoms with Crippen LogP contribution in [-0.2, 0) is 65.2 Å². The van der Waals surface area contributed by atoms with Crippen LogP contribution in [0, 0.1) is 12.7 Å². The number of esters is 1. The predicted molar refractivity (Wildman–Crippen MR) is 211 cm³/mol. The molecule has 4 aliphatic rings. The van der Waals surface area contributed by atoms with Crippen molar-refractivity contribution in [3.8, 4) is 17.1 Å². The number of carboxylic acids is 1. The summed E-state index contributed by atoms with van der Waals surface area (Å²) >= 11 is 0. The van der Waals surface area contributed by atoms with Crippen LogP contribution in [0.5, 0.6) is 5.75 Å². The van der Waals surface area contributed by atoms with E-state index in [1.807, 2.05) is 0 Å². The van der Waals surface area contributed by atoms with Gasteiger partial charge in [-0.25, -0.2) is 23.8 Å². The molecule has 10 N–H and O–H groups in total. The summed E-state index contributed by atoms with van der Waals surface area (Å²) in [5.41, 5.74) is 6.73. The van der Waals surface area contributed by atoms with Crippen LogP contribution in [0.3, 0.4) is 0 Å². The molecule has 7 atom stereocenters. The smallest absolute Gasteiger partial charge is 0.407 e. The second-order valence-corrected chi connectivity index (χ2v) is 15.2. The number of benzene rings is 2. The van der Waals surface area contributed by atoms with E-state index in [0.717, 1.165) is 0 Å². The quantitative estimate of drug-likeness (QED) is 0.0710. The predicted octanol–water partition coefficient (Wildman–Crippen LogP) is 0.310. The molecule has 22 heteroatoms. The maximum Gasteiger partial charge on any atom is 0.407 e. The fourth-order valence-electron chi connectivity index (χ4n) is 8.37. The maximum absolute atomic E-state index is 15.3. The van der Waals surface area contributed by atoms with Gasteiger partial charge in [0.25, 0.3) is 12.0 Å². The van der Waals surface area contributed by atoms with Gasteiger partial charge in [0.15, 0.2) is 11.7 Å². The highest BCUT2D eigenvalue weighted by Gasteiger charge is 2.49. The molecule has 0 unspecified atom stereocenters. The van der Waals surface area contributed by atoms with Crippen LogP contribution in [0.15, 0.2) is 35.1 Å². The summed E-state index contributed by atoms with van der Waals surface area (Å²) in [6, 6.07) is 6.26. The highest BCUT2D eigenvalue weighted by molar-refractivity contribution is 5.94. The van der Waals surface area contributed by atoms with Crippen molar-refractivity contribution < 1.29 is 77.9 Å². The Balaban J connectivity index is 0.00000193. The molecule has 0 bridgehead atoms. The fourth-order valence-corrected chi connectivity index (χ4v) is 8.37. The highest BCUT2D eigenvalue weighted by atomic mass is 19.1. The van der Waals surface area contributed by atoms with Gasteiger partial charge in [0.05, 0.1) is 47.3 Å². The number of hydrogen-bond donors (Lipinski definition) is 9. The van der Waals surface area contributed by atoms with Gasteiger partial charge in [-0.3, -0.25) is 14.4 Å².